The van der Waals surface area contributed by atoms with Crippen LogP contribution in [0.1, 0.15) is 25.8 Å². The molecule has 0 saturated carbocycles. The molecule has 0 aromatic heterocycles. The van der Waals surface area contributed by atoms with Gasteiger partial charge in [0.05, 0.1) is 27.4 Å². The number of amides is 2. The van der Waals surface area contributed by atoms with E-state index in [1.807, 2.05) is 26.0 Å². The fourth-order valence-electron chi connectivity index (χ4n) is 2.71. The minimum Gasteiger partial charge on any atom is -0.490 e. The van der Waals surface area contributed by atoms with Crippen LogP contribution in [0.25, 0.3) is 6.08 Å². The van der Waals surface area contributed by atoms with Crippen LogP contribution in [0.4, 0.5) is 10.5 Å². The summed E-state index contributed by atoms with van der Waals surface area (Å²) in [7, 11) is 0. The van der Waals surface area contributed by atoms with Crippen molar-refractivity contribution >= 4 is 68.9 Å². The van der Waals surface area contributed by atoms with E-state index in [1.165, 1.54) is 0 Å². The van der Waals surface area contributed by atoms with E-state index in [2.05, 4.69) is 22.6 Å². The highest BCUT2D eigenvalue weighted by atomic mass is 127. The summed E-state index contributed by atoms with van der Waals surface area (Å²) in [5.74, 6) is 0.957. The van der Waals surface area contributed by atoms with Crippen molar-refractivity contribution in [2.24, 2.45) is 0 Å². The van der Waals surface area contributed by atoms with Crippen molar-refractivity contribution in [3.63, 3.8) is 0 Å². The zero-order valence-electron chi connectivity index (χ0n) is 15.9. The second-order valence-electron chi connectivity index (χ2n) is 6.10. The van der Waals surface area contributed by atoms with Crippen LogP contribution in [0.15, 0.2) is 41.3 Å². The SMILES string of the molecule is CCCOc1c(I)cc(/C=C2/SC(=O)N(c3ccc(Cl)cc3)C2=O)cc1OCC. The lowest BCUT2D eigenvalue weighted by molar-refractivity contribution is -0.113. The van der Waals surface area contributed by atoms with Gasteiger partial charge in [-0.3, -0.25) is 9.59 Å². The molecule has 1 fully saturated rings. The van der Waals surface area contributed by atoms with Gasteiger partial charge in [0.15, 0.2) is 11.5 Å². The summed E-state index contributed by atoms with van der Waals surface area (Å²) in [5, 5.41) is 0.200. The Kier molecular flexibility index (Phi) is 7.48. The van der Waals surface area contributed by atoms with E-state index in [4.69, 9.17) is 21.1 Å². The summed E-state index contributed by atoms with van der Waals surface area (Å²) in [5.41, 5.74) is 1.26. The molecule has 1 heterocycles. The molecule has 152 valence electrons. The van der Waals surface area contributed by atoms with Crippen molar-refractivity contribution in [3.05, 3.63) is 55.5 Å². The van der Waals surface area contributed by atoms with Crippen molar-refractivity contribution < 1.29 is 19.1 Å². The van der Waals surface area contributed by atoms with Crippen LogP contribution in [0.3, 0.4) is 0 Å². The first kappa shape index (κ1) is 22.0. The fraction of sp³-hybridized carbons (Fsp3) is 0.238. The number of carbonyl (C=O) groups is 2. The van der Waals surface area contributed by atoms with Crippen molar-refractivity contribution in [1.29, 1.82) is 0 Å². The quantitative estimate of drug-likeness (QED) is 0.300. The third-order valence-electron chi connectivity index (χ3n) is 3.96. The molecular weight excluding hydrogens is 525 g/mol. The van der Waals surface area contributed by atoms with Crippen LogP contribution in [0.5, 0.6) is 11.5 Å². The lowest BCUT2D eigenvalue weighted by Gasteiger charge is -2.14. The average molecular weight is 544 g/mol. The van der Waals surface area contributed by atoms with Gasteiger partial charge >= 0.3 is 0 Å². The first-order valence-corrected chi connectivity index (χ1v) is 11.3. The van der Waals surface area contributed by atoms with Crippen LogP contribution >= 0.6 is 46.0 Å². The highest BCUT2D eigenvalue weighted by Gasteiger charge is 2.36. The Hall–Kier alpha value is -1.71. The van der Waals surface area contributed by atoms with E-state index >= 15 is 0 Å². The highest BCUT2D eigenvalue weighted by Crippen LogP contribution is 2.39. The lowest BCUT2D eigenvalue weighted by Crippen LogP contribution is -2.27. The molecule has 0 bridgehead atoms. The molecule has 1 saturated heterocycles. The van der Waals surface area contributed by atoms with E-state index in [-0.39, 0.29) is 11.1 Å². The largest absolute Gasteiger partial charge is 0.490 e. The smallest absolute Gasteiger partial charge is 0.298 e. The zero-order chi connectivity index (χ0) is 21.0. The maximum Gasteiger partial charge on any atom is 0.298 e. The number of anilines is 1. The molecule has 2 aromatic rings. The van der Waals surface area contributed by atoms with Gasteiger partial charge in [-0.15, -0.1) is 0 Å². The number of ether oxygens (including phenoxy) is 2. The second-order valence-corrected chi connectivity index (χ2v) is 8.70. The maximum atomic E-state index is 12.8. The molecule has 0 spiro atoms. The summed E-state index contributed by atoms with van der Waals surface area (Å²) in [6, 6.07) is 10.3. The van der Waals surface area contributed by atoms with Crippen LogP contribution in [0.2, 0.25) is 5.02 Å². The normalized spacial score (nSPS) is 15.3. The number of halogens is 2. The van der Waals surface area contributed by atoms with E-state index in [0.29, 0.717) is 40.3 Å². The third-order valence-corrected chi connectivity index (χ3v) is 5.88. The average Bonchev–Trinajstić information content (AvgIpc) is 2.95. The van der Waals surface area contributed by atoms with Crippen molar-refractivity contribution in [2.45, 2.75) is 20.3 Å². The predicted octanol–water partition coefficient (Wildman–Crippen LogP) is 6.37. The molecule has 0 radical (unpaired) electrons. The molecular formula is C21H19ClINO4S. The van der Waals surface area contributed by atoms with Crippen molar-refractivity contribution in [2.75, 3.05) is 18.1 Å². The Bertz CT molecular complexity index is 962. The molecule has 2 amide bonds. The molecule has 29 heavy (non-hydrogen) atoms. The van der Waals surface area contributed by atoms with Crippen molar-refractivity contribution in [1.82, 2.24) is 0 Å². The molecule has 2 aromatic carbocycles. The predicted molar refractivity (Wildman–Crippen MR) is 126 cm³/mol. The molecule has 5 nitrogen and oxygen atoms in total. The first-order chi connectivity index (χ1) is 13.9. The number of carbonyl (C=O) groups excluding carboxylic acids is 2. The summed E-state index contributed by atoms with van der Waals surface area (Å²) in [4.78, 5) is 26.8. The summed E-state index contributed by atoms with van der Waals surface area (Å²) >= 11 is 9.00. The molecule has 0 N–H and O–H groups in total. The maximum absolute atomic E-state index is 12.8. The number of hydrogen-bond acceptors (Lipinski definition) is 5. The van der Waals surface area contributed by atoms with Crippen molar-refractivity contribution in [3.8, 4) is 11.5 Å². The van der Waals surface area contributed by atoms with Gasteiger partial charge in [0.25, 0.3) is 11.1 Å². The van der Waals surface area contributed by atoms with Gasteiger partial charge in [-0.05, 0) is 95.7 Å². The highest BCUT2D eigenvalue weighted by molar-refractivity contribution is 14.1. The van der Waals surface area contributed by atoms with Gasteiger partial charge in [-0.1, -0.05) is 18.5 Å². The van der Waals surface area contributed by atoms with E-state index in [1.54, 1.807) is 30.3 Å². The van der Waals surface area contributed by atoms with E-state index in [0.717, 1.165) is 32.2 Å². The van der Waals surface area contributed by atoms with Gasteiger partial charge in [-0.2, -0.15) is 0 Å². The molecule has 0 aliphatic carbocycles. The summed E-state index contributed by atoms with van der Waals surface area (Å²) in [6.07, 6.45) is 2.59. The number of rotatable bonds is 7. The zero-order valence-corrected chi connectivity index (χ0v) is 19.6. The Labute approximate surface area is 192 Å². The van der Waals surface area contributed by atoms with E-state index < -0.39 is 0 Å². The van der Waals surface area contributed by atoms with E-state index in [9.17, 15) is 9.59 Å². The Morgan fingerprint density at radius 3 is 2.52 bits per heavy atom. The van der Waals surface area contributed by atoms with Crippen LogP contribution in [0, 0.1) is 3.57 Å². The van der Waals surface area contributed by atoms with Crippen LogP contribution in [-0.2, 0) is 4.79 Å². The number of thioether (sulfide) groups is 1. The lowest BCUT2D eigenvalue weighted by atomic mass is 10.1. The van der Waals surface area contributed by atoms with Gasteiger partial charge in [0.2, 0.25) is 0 Å². The monoisotopic (exact) mass is 543 g/mol. The van der Waals surface area contributed by atoms with Crippen LogP contribution in [-0.4, -0.2) is 24.4 Å². The fourth-order valence-corrected chi connectivity index (χ4v) is 4.46. The molecule has 0 atom stereocenters. The molecule has 8 heteroatoms. The first-order valence-electron chi connectivity index (χ1n) is 9.07. The second kappa shape index (κ2) is 9.86. The molecule has 1 aliphatic heterocycles. The third kappa shape index (κ3) is 5.07. The number of imide groups is 1. The Morgan fingerprint density at radius 2 is 1.86 bits per heavy atom. The number of benzene rings is 2. The molecule has 1 aliphatic rings. The molecule has 0 unspecified atom stereocenters. The minimum absolute atomic E-state index is 0.341. The summed E-state index contributed by atoms with van der Waals surface area (Å²) < 4.78 is 12.4. The Balaban J connectivity index is 1.92. The van der Waals surface area contributed by atoms with Gasteiger partial charge < -0.3 is 9.47 Å². The minimum atomic E-state index is -0.360. The standard InChI is InChI=1S/C21H19ClINO4S/c1-3-9-28-19-16(23)10-13(11-17(19)27-4-2)12-18-20(25)24(21(26)29-18)15-7-5-14(22)6-8-15/h5-8,10-12H,3-4,9H2,1-2H3/b18-12+. The Morgan fingerprint density at radius 1 is 1.14 bits per heavy atom. The molecule has 3 rings (SSSR count). The number of nitrogens with zero attached hydrogens (tertiary/aromatic N) is 1. The van der Waals surface area contributed by atoms with Gasteiger partial charge in [0.1, 0.15) is 0 Å². The summed E-state index contributed by atoms with van der Waals surface area (Å²) in [6.45, 7) is 5.03. The topological polar surface area (TPSA) is 55.8 Å². The van der Waals surface area contributed by atoms with Crippen LogP contribution < -0.4 is 14.4 Å². The number of hydrogen-bond donors (Lipinski definition) is 0. The van der Waals surface area contributed by atoms with Gasteiger partial charge in [-0.25, -0.2) is 4.90 Å². The van der Waals surface area contributed by atoms with Gasteiger partial charge in [0, 0.05) is 5.02 Å².